The largest absolute Gasteiger partial charge is 0.507 e. The molecule has 0 radical (unpaired) electrons. The summed E-state index contributed by atoms with van der Waals surface area (Å²) in [5, 5.41) is 11.5. The Balaban J connectivity index is 2.15. The van der Waals surface area contributed by atoms with E-state index >= 15 is 0 Å². The molecule has 2 aromatic rings. The Kier molecular flexibility index (Phi) is 6.47. The molecule has 1 aliphatic heterocycles. The van der Waals surface area contributed by atoms with E-state index in [1.807, 2.05) is 0 Å². The molecule has 152 valence electrons. The smallest absolute Gasteiger partial charge is 0.295 e. The molecule has 0 bridgehead atoms. The Morgan fingerprint density at radius 2 is 1.76 bits per heavy atom. The number of benzene rings is 2. The molecule has 1 heterocycles. The van der Waals surface area contributed by atoms with E-state index in [2.05, 4.69) is 0 Å². The van der Waals surface area contributed by atoms with Gasteiger partial charge in [-0.15, -0.1) is 0 Å². The maximum atomic E-state index is 12.8. The van der Waals surface area contributed by atoms with Crippen LogP contribution in [0.15, 0.2) is 48.0 Å². The van der Waals surface area contributed by atoms with Gasteiger partial charge in [0, 0.05) is 19.2 Å². The van der Waals surface area contributed by atoms with E-state index in [9.17, 15) is 14.7 Å². The Bertz CT molecular complexity index is 972. The zero-order valence-electron chi connectivity index (χ0n) is 15.8. The molecule has 0 saturated carbocycles. The van der Waals surface area contributed by atoms with Crippen molar-refractivity contribution in [3.63, 3.8) is 0 Å². The first kappa shape index (κ1) is 21.2. The number of nitrogens with zero attached hydrogens (tertiary/aromatic N) is 1. The summed E-state index contributed by atoms with van der Waals surface area (Å²) < 4.78 is 10.2. The number of aliphatic hydroxyl groups is 1. The van der Waals surface area contributed by atoms with Crippen molar-refractivity contribution in [1.29, 1.82) is 0 Å². The highest BCUT2D eigenvalue weighted by atomic mass is 35.5. The monoisotopic (exact) mass is 435 g/mol. The number of carbonyl (C=O) groups excluding carboxylic acids is 2. The first-order valence-electron chi connectivity index (χ1n) is 8.75. The van der Waals surface area contributed by atoms with Gasteiger partial charge in [0.25, 0.3) is 11.7 Å². The number of hydrogen-bond acceptors (Lipinski definition) is 5. The second kappa shape index (κ2) is 8.86. The second-order valence-electron chi connectivity index (χ2n) is 6.39. The molecule has 1 amide bonds. The number of hydrogen-bond donors (Lipinski definition) is 1. The Hall–Kier alpha value is -2.54. The number of Topliss-reactive ketones (excluding diaryl/α,β-unsaturated/α-hetero) is 1. The van der Waals surface area contributed by atoms with Crippen molar-refractivity contribution in [2.24, 2.45) is 0 Å². The van der Waals surface area contributed by atoms with Gasteiger partial charge in [-0.3, -0.25) is 9.59 Å². The third-order valence-electron chi connectivity index (χ3n) is 4.70. The van der Waals surface area contributed by atoms with E-state index in [1.165, 1.54) is 19.1 Å². The third kappa shape index (κ3) is 4.10. The van der Waals surface area contributed by atoms with E-state index in [0.717, 1.165) is 0 Å². The van der Waals surface area contributed by atoms with Crippen molar-refractivity contribution in [3.05, 3.63) is 69.2 Å². The second-order valence-corrected chi connectivity index (χ2v) is 7.20. The molecular formula is C21H19Cl2NO5. The summed E-state index contributed by atoms with van der Waals surface area (Å²) in [7, 11) is 3.03. The quantitative estimate of drug-likeness (QED) is 0.420. The van der Waals surface area contributed by atoms with Crippen LogP contribution in [0, 0.1) is 0 Å². The van der Waals surface area contributed by atoms with Crippen LogP contribution in [0.1, 0.15) is 17.2 Å². The summed E-state index contributed by atoms with van der Waals surface area (Å²) in [5.41, 5.74) is 0.931. The van der Waals surface area contributed by atoms with Gasteiger partial charge in [-0.1, -0.05) is 29.3 Å². The number of aliphatic hydroxyl groups excluding tert-OH is 1. The van der Waals surface area contributed by atoms with Crippen LogP contribution in [0.5, 0.6) is 5.75 Å². The lowest BCUT2D eigenvalue weighted by Crippen LogP contribution is -2.32. The van der Waals surface area contributed by atoms with E-state index in [0.29, 0.717) is 21.9 Å². The van der Waals surface area contributed by atoms with Crippen LogP contribution in [0.3, 0.4) is 0 Å². The standard InChI is InChI=1S/C21H19Cl2NO5/c1-28-10-9-24-18(13-5-8-15(22)16(23)11-13)17(20(26)21(24)27)19(25)12-3-6-14(29-2)7-4-12/h3-8,11,18,25H,9-10H2,1-2H3/b19-17+/t18-/m1/s1. The van der Waals surface area contributed by atoms with Crippen molar-refractivity contribution in [3.8, 4) is 5.75 Å². The Labute approximate surface area is 178 Å². The Morgan fingerprint density at radius 1 is 1.07 bits per heavy atom. The van der Waals surface area contributed by atoms with Crippen LogP contribution in [0.4, 0.5) is 0 Å². The van der Waals surface area contributed by atoms with Crippen molar-refractivity contribution in [2.45, 2.75) is 6.04 Å². The lowest BCUT2D eigenvalue weighted by atomic mass is 9.95. The molecule has 3 rings (SSSR count). The van der Waals surface area contributed by atoms with Gasteiger partial charge in [0.05, 0.1) is 35.4 Å². The number of amides is 1. The van der Waals surface area contributed by atoms with Gasteiger partial charge < -0.3 is 19.5 Å². The number of methoxy groups -OCH3 is 2. The van der Waals surface area contributed by atoms with Gasteiger partial charge >= 0.3 is 0 Å². The number of halogens is 2. The summed E-state index contributed by atoms with van der Waals surface area (Å²) >= 11 is 12.2. The molecule has 0 aliphatic carbocycles. The van der Waals surface area contributed by atoms with Gasteiger partial charge in [-0.2, -0.15) is 0 Å². The first-order valence-corrected chi connectivity index (χ1v) is 9.51. The minimum Gasteiger partial charge on any atom is -0.507 e. The predicted octanol–water partition coefficient (Wildman–Crippen LogP) is 4.07. The fourth-order valence-corrected chi connectivity index (χ4v) is 3.54. The minimum atomic E-state index is -0.818. The molecule has 8 heteroatoms. The minimum absolute atomic E-state index is 0.0188. The topological polar surface area (TPSA) is 76.1 Å². The summed E-state index contributed by atoms with van der Waals surface area (Å²) in [5.74, 6) is -1.16. The van der Waals surface area contributed by atoms with Crippen molar-refractivity contribution < 1.29 is 24.2 Å². The number of ether oxygens (including phenoxy) is 2. The predicted molar refractivity (Wildman–Crippen MR) is 110 cm³/mol. The summed E-state index contributed by atoms with van der Waals surface area (Å²) in [6.07, 6.45) is 0. The summed E-state index contributed by atoms with van der Waals surface area (Å²) in [6, 6.07) is 10.6. The number of rotatable bonds is 6. The van der Waals surface area contributed by atoms with Crippen LogP contribution in [0.2, 0.25) is 10.0 Å². The Morgan fingerprint density at radius 3 is 2.34 bits per heavy atom. The number of carbonyl (C=O) groups is 2. The lowest BCUT2D eigenvalue weighted by molar-refractivity contribution is -0.140. The molecule has 1 saturated heterocycles. The van der Waals surface area contributed by atoms with Crippen molar-refractivity contribution in [1.82, 2.24) is 4.90 Å². The van der Waals surface area contributed by atoms with Gasteiger partial charge in [-0.25, -0.2) is 0 Å². The molecule has 29 heavy (non-hydrogen) atoms. The maximum absolute atomic E-state index is 12.8. The van der Waals surface area contributed by atoms with E-state index < -0.39 is 17.7 Å². The average molecular weight is 436 g/mol. The van der Waals surface area contributed by atoms with Crippen LogP contribution in [-0.2, 0) is 14.3 Å². The zero-order valence-corrected chi connectivity index (χ0v) is 17.3. The van der Waals surface area contributed by atoms with E-state index in [-0.39, 0.29) is 29.5 Å². The van der Waals surface area contributed by atoms with Crippen molar-refractivity contribution in [2.75, 3.05) is 27.4 Å². The fraction of sp³-hybridized carbons (Fsp3) is 0.238. The van der Waals surface area contributed by atoms with Crippen LogP contribution < -0.4 is 4.74 Å². The normalized spacial score (nSPS) is 18.3. The van der Waals surface area contributed by atoms with E-state index in [1.54, 1.807) is 42.5 Å². The molecule has 1 fully saturated rings. The number of ketones is 1. The molecule has 6 nitrogen and oxygen atoms in total. The van der Waals surface area contributed by atoms with E-state index in [4.69, 9.17) is 32.7 Å². The number of likely N-dealkylation sites (tertiary alicyclic amines) is 1. The lowest BCUT2D eigenvalue weighted by Gasteiger charge is -2.25. The zero-order chi connectivity index (χ0) is 21.1. The van der Waals surface area contributed by atoms with Crippen LogP contribution in [0.25, 0.3) is 5.76 Å². The van der Waals surface area contributed by atoms with Crippen LogP contribution in [-0.4, -0.2) is 49.1 Å². The molecule has 0 unspecified atom stereocenters. The molecule has 2 aromatic carbocycles. The maximum Gasteiger partial charge on any atom is 0.295 e. The van der Waals surface area contributed by atoms with Crippen molar-refractivity contribution >= 4 is 40.7 Å². The van der Waals surface area contributed by atoms with Crippen LogP contribution >= 0.6 is 23.2 Å². The molecule has 1 atom stereocenters. The molecule has 1 N–H and O–H groups in total. The first-order chi connectivity index (χ1) is 13.9. The average Bonchev–Trinajstić information content (AvgIpc) is 2.98. The highest BCUT2D eigenvalue weighted by Gasteiger charge is 2.46. The summed E-state index contributed by atoms with van der Waals surface area (Å²) in [6.45, 7) is 0.402. The van der Waals surface area contributed by atoms with Gasteiger partial charge in [-0.05, 0) is 42.0 Å². The molecule has 0 aromatic heterocycles. The molecule has 1 aliphatic rings. The van der Waals surface area contributed by atoms with Gasteiger partial charge in [0.2, 0.25) is 0 Å². The van der Waals surface area contributed by atoms with Gasteiger partial charge in [0.1, 0.15) is 11.5 Å². The highest BCUT2D eigenvalue weighted by molar-refractivity contribution is 6.46. The fourth-order valence-electron chi connectivity index (χ4n) is 3.23. The molecule has 0 spiro atoms. The summed E-state index contributed by atoms with van der Waals surface area (Å²) in [4.78, 5) is 26.9. The highest BCUT2D eigenvalue weighted by Crippen LogP contribution is 2.40. The third-order valence-corrected chi connectivity index (χ3v) is 5.44. The van der Waals surface area contributed by atoms with Gasteiger partial charge in [0.15, 0.2) is 0 Å². The molecular weight excluding hydrogens is 417 g/mol. The SMILES string of the molecule is COCCN1C(=O)C(=O)/C(=C(/O)c2ccc(OC)cc2)[C@H]1c1ccc(Cl)c(Cl)c1.